The van der Waals surface area contributed by atoms with Gasteiger partial charge in [-0.1, -0.05) is 36.9 Å². The van der Waals surface area contributed by atoms with Crippen LogP contribution in [-0.2, 0) is 20.6 Å². The summed E-state index contributed by atoms with van der Waals surface area (Å²) in [4.78, 5) is 23.7. The Hall–Kier alpha value is -3.07. The number of allylic oxidation sites excluding steroid dienone is 1. The Morgan fingerprint density at radius 2 is 1.83 bits per heavy atom. The molecule has 1 aromatic heterocycles. The molecule has 0 unspecified atom stereocenters. The molecular formula is C21H26N4O4S. The van der Waals surface area contributed by atoms with Gasteiger partial charge in [0.25, 0.3) is 5.56 Å². The van der Waals surface area contributed by atoms with Crippen LogP contribution in [0.2, 0.25) is 0 Å². The summed E-state index contributed by atoms with van der Waals surface area (Å²) in [5.41, 5.74) is 1.65. The number of aryl methyl sites for hydroxylation is 1. The second-order valence-corrected chi connectivity index (χ2v) is 9.09. The largest absolute Gasteiger partial charge is 0.333 e. The highest BCUT2D eigenvalue weighted by atomic mass is 32.2. The molecule has 0 saturated carbocycles. The number of hydrogen-bond donors (Lipinski definition) is 2. The molecule has 2 aromatic rings. The van der Waals surface area contributed by atoms with Crippen LogP contribution >= 0.6 is 0 Å². The number of carbonyl (C=O) groups is 1. The SMILES string of the molecule is C=C(NC=O)C1CCN(n2c(C)ccc(NS(=O)(=O)Cc3ccccc3)c2=O)CC1. The summed E-state index contributed by atoms with van der Waals surface area (Å²) in [5.74, 6) is -0.0618. The first kappa shape index (κ1) is 21.6. The lowest BCUT2D eigenvalue weighted by molar-refractivity contribution is -0.109. The van der Waals surface area contributed by atoms with Crippen LogP contribution in [0.5, 0.6) is 0 Å². The van der Waals surface area contributed by atoms with Gasteiger partial charge in [-0.15, -0.1) is 0 Å². The molecule has 2 heterocycles. The second kappa shape index (κ2) is 9.17. The minimum absolute atomic E-state index is 0.0192. The average molecular weight is 431 g/mol. The van der Waals surface area contributed by atoms with E-state index in [1.54, 1.807) is 30.3 Å². The number of hydrogen-bond acceptors (Lipinski definition) is 5. The van der Waals surface area contributed by atoms with Crippen LogP contribution in [0.4, 0.5) is 5.69 Å². The van der Waals surface area contributed by atoms with Crippen molar-refractivity contribution in [1.29, 1.82) is 0 Å². The monoisotopic (exact) mass is 430 g/mol. The summed E-state index contributed by atoms with van der Waals surface area (Å²) in [6.07, 6.45) is 2.08. The molecule has 3 rings (SSSR count). The van der Waals surface area contributed by atoms with Crippen molar-refractivity contribution in [3.63, 3.8) is 0 Å². The molecule has 0 radical (unpaired) electrons. The molecule has 0 bridgehead atoms. The van der Waals surface area contributed by atoms with Crippen molar-refractivity contribution < 1.29 is 13.2 Å². The van der Waals surface area contributed by atoms with Gasteiger partial charge in [0, 0.05) is 30.4 Å². The van der Waals surface area contributed by atoms with E-state index < -0.39 is 15.6 Å². The summed E-state index contributed by atoms with van der Waals surface area (Å²) in [5, 5.41) is 4.51. The summed E-state index contributed by atoms with van der Waals surface area (Å²) in [7, 11) is -3.73. The lowest BCUT2D eigenvalue weighted by atomic mass is 9.95. The highest BCUT2D eigenvalue weighted by Crippen LogP contribution is 2.21. The number of amides is 1. The van der Waals surface area contributed by atoms with Crippen LogP contribution in [0.3, 0.4) is 0 Å². The predicted molar refractivity (Wildman–Crippen MR) is 117 cm³/mol. The zero-order chi connectivity index (χ0) is 21.7. The number of sulfonamides is 1. The standard InChI is InChI=1S/C21H26N4O4S/c1-16-8-9-20(23-30(28,29)14-18-6-4-3-5-7-18)21(27)25(16)24-12-10-19(11-13-24)17(2)22-15-26/h3-9,15,19,23H,2,10-14H2,1H3,(H,22,26). The number of pyridine rings is 1. The van der Waals surface area contributed by atoms with E-state index in [1.165, 1.54) is 10.7 Å². The first-order valence-electron chi connectivity index (χ1n) is 9.72. The molecule has 1 amide bonds. The highest BCUT2D eigenvalue weighted by Gasteiger charge is 2.24. The number of piperidine rings is 1. The van der Waals surface area contributed by atoms with Crippen LogP contribution < -0.4 is 20.6 Å². The van der Waals surface area contributed by atoms with E-state index in [-0.39, 0.29) is 17.4 Å². The fraction of sp³-hybridized carbons (Fsp3) is 0.333. The molecule has 1 fully saturated rings. The van der Waals surface area contributed by atoms with Gasteiger partial charge in [-0.25, -0.2) is 13.1 Å². The Labute approximate surface area is 176 Å². The van der Waals surface area contributed by atoms with E-state index in [2.05, 4.69) is 16.6 Å². The van der Waals surface area contributed by atoms with E-state index in [0.717, 1.165) is 12.8 Å². The molecule has 1 aliphatic rings. The first-order chi connectivity index (χ1) is 14.3. The van der Waals surface area contributed by atoms with E-state index in [9.17, 15) is 18.0 Å². The topological polar surface area (TPSA) is 101 Å². The van der Waals surface area contributed by atoms with E-state index in [0.29, 0.717) is 36.5 Å². The minimum atomic E-state index is -3.73. The van der Waals surface area contributed by atoms with Crippen molar-refractivity contribution in [3.8, 4) is 0 Å². The number of carbonyl (C=O) groups excluding carboxylic acids is 1. The fourth-order valence-electron chi connectivity index (χ4n) is 3.65. The van der Waals surface area contributed by atoms with E-state index in [1.807, 2.05) is 18.0 Å². The number of benzene rings is 1. The van der Waals surface area contributed by atoms with Gasteiger partial charge in [0.15, 0.2) is 0 Å². The van der Waals surface area contributed by atoms with Gasteiger partial charge < -0.3 is 10.3 Å². The van der Waals surface area contributed by atoms with Gasteiger partial charge in [0.1, 0.15) is 5.69 Å². The maximum atomic E-state index is 13.1. The molecular weight excluding hydrogens is 404 g/mol. The number of anilines is 1. The van der Waals surface area contributed by atoms with Crippen molar-refractivity contribution in [1.82, 2.24) is 9.99 Å². The molecule has 0 spiro atoms. The molecule has 8 nitrogen and oxygen atoms in total. The van der Waals surface area contributed by atoms with E-state index in [4.69, 9.17) is 0 Å². The molecule has 2 N–H and O–H groups in total. The minimum Gasteiger partial charge on any atom is -0.333 e. The van der Waals surface area contributed by atoms with Crippen molar-refractivity contribution in [3.05, 3.63) is 76.4 Å². The molecule has 0 atom stereocenters. The maximum Gasteiger partial charge on any atom is 0.293 e. The molecule has 0 aliphatic carbocycles. The van der Waals surface area contributed by atoms with Crippen LogP contribution in [-0.4, -0.2) is 32.6 Å². The van der Waals surface area contributed by atoms with Gasteiger partial charge in [-0.3, -0.25) is 14.3 Å². The molecule has 160 valence electrons. The van der Waals surface area contributed by atoms with Crippen molar-refractivity contribution >= 4 is 22.1 Å². The Morgan fingerprint density at radius 1 is 1.17 bits per heavy atom. The Morgan fingerprint density at radius 3 is 2.47 bits per heavy atom. The van der Waals surface area contributed by atoms with Crippen LogP contribution in [0, 0.1) is 12.8 Å². The summed E-state index contributed by atoms with van der Waals surface area (Å²) in [6, 6.07) is 12.0. The third-order valence-electron chi connectivity index (χ3n) is 5.20. The lowest BCUT2D eigenvalue weighted by Crippen LogP contribution is -2.49. The van der Waals surface area contributed by atoms with Gasteiger partial charge in [-0.05, 0) is 37.5 Å². The molecule has 1 saturated heterocycles. The van der Waals surface area contributed by atoms with Crippen LogP contribution in [0.25, 0.3) is 0 Å². The van der Waals surface area contributed by atoms with Crippen molar-refractivity contribution in [2.24, 2.45) is 5.92 Å². The summed E-state index contributed by atoms with van der Waals surface area (Å²) >= 11 is 0. The predicted octanol–water partition coefficient (Wildman–Crippen LogP) is 1.71. The summed E-state index contributed by atoms with van der Waals surface area (Å²) in [6.45, 7) is 6.87. The zero-order valence-electron chi connectivity index (χ0n) is 16.9. The van der Waals surface area contributed by atoms with Crippen LogP contribution in [0.15, 0.2) is 59.5 Å². The number of nitrogens with one attached hydrogen (secondary N) is 2. The highest BCUT2D eigenvalue weighted by molar-refractivity contribution is 7.91. The number of aromatic nitrogens is 1. The Kier molecular flexibility index (Phi) is 6.61. The van der Waals surface area contributed by atoms with Gasteiger partial charge >= 0.3 is 0 Å². The van der Waals surface area contributed by atoms with Crippen molar-refractivity contribution in [2.45, 2.75) is 25.5 Å². The average Bonchev–Trinajstić information content (AvgIpc) is 2.71. The normalized spacial score (nSPS) is 14.9. The maximum absolute atomic E-state index is 13.1. The number of rotatable bonds is 8. The molecule has 1 aliphatic heterocycles. The zero-order valence-corrected chi connectivity index (χ0v) is 17.7. The van der Waals surface area contributed by atoms with Gasteiger partial charge in [0.2, 0.25) is 16.4 Å². The van der Waals surface area contributed by atoms with Gasteiger partial charge in [-0.2, -0.15) is 0 Å². The quantitative estimate of drug-likeness (QED) is 0.621. The molecule has 30 heavy (non-hydrogen) atoms. The van der Waals surface area contributed by atoms with Gasteiger partial charge in [0.05, 0.1) is 5.75 Å². The molecule has 9 heteroatoms. The smallest absolute Gasteiger partial charge is 0.293 e. The molecule has 1 aromatic carbocycles. The third kappa shape index (κ3) is 5.10. The Bertz CT molecular complexity index is 1070. The van der Waals surface area contributed by atoms with Crippen LogP contribution in [0.1, 0.15) is 24.1 Å². The Balaban J connectivity index is 1.77. The van der Waals surface area contributed by atoms with Crippen molar-refractivity contribution in [2.75, 3.05) is 22.8 Å². The first-order valence-corrected chi connectivity index (χ1v) is 11.4. The van der Waals surface area contributed by atoms with E-state index >= 15 is 0 Å². The lowest BCUT2D eigenvalue weighted by Gasteiger charge is -2.36. The fourth-order valence-corrected chi connectivity index (χ4v) is 4.85. The third-order valence-corrected chi connectivity index (χ3v) is 6.45. The second-order valence-electron chi connectivity index (χ2n) is 7.37. The number of nitrogens with zero attached hydrogens (tertiary/aromatic N) is 2. The summed E-state index contributed by atoms with van der Waals surface area (Å²) < 4.78 is 29.1.